The maximum atomic E-state index is 11.6. The summed E-state index contributed by atoms with van der Waals surface area (Å²) in [4.78, 5) is 22.9. The van der Waals surface area contributed by atoms with Crippen LogP contribution in [0.5, 0.6) is 0 Å². The predicted octanol–water partition coefficient (Wildman–Crippen LogP) is 3.84. The van der Waals surface area contributed by atoms with Crippen molar-refractivity contribution in [1.29, 1.82) is 0 Å². The average molecular weight is 429 g/mol. The third-order valence-corrected chi connectivity index (χ3v) is 6.56. The van der Waals surface area contributed by atoms with Crippen molar-refractivity contribution < 1.29 is 9.90 Å². The van der Waals surface area contributed by atoms with Crippen molar-refractivity contribution in [2.45, 2.75) is 12.8 Å². The highest BCUT2D eigenvalue weighted by Crippen LogP contribution is 2.35. The molecule has 1 saturated heterocycles. The standard InChI is InChI=1S/C26H28N4O2/c31-26(32)22-8-5-13-27-25(22)29-17-14-28(15-18-29)16-19-30-23-9-3-1-6-20(23)11-12-21-7-2-4-10-24(21)30/h1-10,13H,11-12,14-19H2,(H,31,32). The van der Waals surface area contributed by atoms with Crippen LogP contribution in [0.25, 0.3) is 0 Å². The SMILES string of the molecule is O=C(O)c1cccnc1N1CCN(CCN2c3ccccc3CCc3ccccc32)CC1. The third-order valence-electron chi connectivity index (χ3n) is 6.56. The second kappa shape index (κ2) is 9.01. The largest absolute Gasteiger partial charge is 0.478 e. The van der Waals surface area contributed by atoms with Gasteiger partial charge < -0.3 is 14.9 Å². The number of aryl methyl sites for hydroxylation is 2. The number of hydrogen-bond acceptors (Lipinski definition) is 5. The maximum Gasteiger partial charge on any atom is 0.339 e. The molecule has 1 fully saturated rings. The third kappa shape index (κ3) is 4.06. The van der Waals surface area contributed by atoms with Crippen LogP contribution in [0.2, 0.25) is 0 Å². The monoisotopic (exact) mass is 428 g/mol. The summed E-state index contributed by atoms with van der Waals surface area (Å²) >= 11 is 0. The molecule has 6 nitrogen and oxygen atoms in total. The number of anilines is 3. The lowest BCUT2D eigenvalue weighted by Gasteiger charge is -2.37. The minimum absolute atomic E-state index is 0.277. The molecule has 1 N–H and O–H groups in total. The van der Waals surface area contributed by atoms with Crippen LogP contribution in [0.4, 0.5) is 17.2 Å². The number of para-hydroxylation sites is 2. The molecule has 0 bridgehead atoms. The molecule has 2 aliphatic rings. The fourth-order valence-electron chi connectivity index (χ4n) is 4.85. The van der Waals surface area contributed by atoms with Gasteiger partial charge in [-0.1, -0.05) is 36.4 Å². The number of nitrogens with zero attached hydrogens (tertiary/aromatic N) is 4. The van der Waals surface area contributed by atoms with Crippen LogP contribution in [0, 0.1) is 0 Å². The summed E-state index contributed by atoms with van der Waals surface area (Å²) in [6.07, 6.45) is 3.80. The summed E-state index contributed by atoms with van der Waals surface area (Å²) in [5, 5.41) is 9.48. The fourth-order valence-corrected chi connectivity index (χ4v) is 4.85. The zero-order valence-corrected chi connectivity index (χ0v) is 18.2. The van der Waals surface area contributed by atoms with Crippen LogP contribution in [0.1, 0.15) is 21.5 Å². The van der Waals surface area contributed by atoms with Crippen LogP contribution < -0.4 is 9.80 Å². The Morgan fingerprint density at radius 1 is 0.812 bits per heavy atom. The zero-order valence-electron chi connectivity index (χ0n) is 18.2. The molecule has 32 heavy (non-hydrogen) atoms. The second-order valence-corrected chi connectivity index (χ2v) is 8.42. The fraction of sp³-hybridized carbons (Fsp3) is 0.308. The van der Waals surface area contributed by atoms with Crippen LogP contribution in [0.3, 0.4) is 0 Å². The Hall–Kier alpha value is -3.38. The van der Waals surface area contributed by atoms with Crippen molar-refractivity contribution in [1.82, 2.24) is 9.88 Å². The van der Waals surface area contributed by atoms with Gasteiger partial charge in [-0.25, -0.2) is 9.78 Å². The molecular weight excluding hydrogens is 400 g/mol. The first-order chi connectivity index (χ1) is 15.7. The molecular formula is C26H28N4O2. The topological polar surface area (TPSA) is 59.9 Å². The van der Waals surface area contributed by atoms with Gasteiger partial charge in [-0.15, -0.1) is 0 Å². The number of fused-ring (bicyclic) bond motifs is 2. The Kier molecular flexibility index (Phi) is 5.77. The molecule has 0 radical (unpaired) electrons. The lowest BCUT2D eigenvalue weighted by atomic mass is 10.0. The van der Waals surface area contributed by atoms with Gasteiger partial charge in [0.1, 0.15) is 11.4 Å². The summed E-state index contributed by atoms with van der Waals surface area (Å²) in [5.41, 5.74) is 5.72. The van der Waals surface area contributed by atoms with Crippen molar-refractivity contribution in [2.24, 2.45) is 0 Å². The van der Waals surface area contributed by atoms with E-state index in [9.17, 15) is 9.90 Å². The number of carbonyl (C=O) groups is 1. The van der Waals surface area contributed by atoms with Crippen molar-refractivity contribution >= 4 is 23.2 Å². The summed E-state index contributed by atoms with van der Waals surface area (Å²) in [6.45, 7) is 5.25. The van der Waals surface area contributed by atoms with Crippen LogP contribution in [-0.2, 0) is 12.8 Å². The normalized spacial score (nSPS) is 16.2. The number of aromatic carboxylic acids is 1. The molecule has 3 aromatic rings. The molecule has 5 rings (SSSR count). The minimum Gasteiger partial charge on any atom is -0.478 e. The Labute approximate surface area is 188 Å². The highest BCUT2D eigenvalue weighted by molar-refractivity contribution is 5.93. The zero-order chi connectivity index (χ0) is 21.9. The summed E-state index contributed by atoms with van der Waals surface area (Å²) in [7, 11) is 0. The van der Waals surface area contributed by atoms with Gasteiger partial charge in [0.25, 0.3) is 0 Å². The highest BCUT2D eigenvalue weighted by atomic mass is 16.4. The molecule has 0 aliphatic carbocycles. The Morgan fingerprint density at radius 2 is 1.44 bits per heavy atom. The molecule has 0 unspecified atom stereocenters. The summed E-state index contributed by atoms with van der Waals surface area (Å²) in [6, 6.07) is 20.8. The van der Waals surface area contributed by atoms with Crippen molar-refractivity contribution in [3.05, 3.63) is 83.6 Å². The Bertz CT molecular complexity index is 1060. The Morgan fingerprint density at radius 3 is 2.06 bits per heavy atom. The smallest absolute Gasteiger partial charge is 0.339 e. The van der Waals surface area contributed by atoms with E-state index in [2.05, 4.69) is 68.2 Å². The number of benzene rings is 2. The van der Waals surface area contributed by atoms with Crippen LogP contribution in [-0.4, -0.2) is 60.2 Å². The number of aromatic nitrogens is 1. The van der Waals surface area contributed by atoms with E-state index in [1.807, 2.05) is 0 Å². The van der Waals surface area contributed by atoms with Crippen LogP contribution >= 0.6 is 0 Å². The van der Waals surface area contributed by atoms with E-state index in [4.69, 9.17) is 0 Å². The van der Waals surface area contributed by atoms with Gasteiger partial charge in [-0.3, -0.25) is 4.90 Å². The molecule has 3 heterocycles. The quantitative estimate of drug-likeness (QED) is 0.666. The first-order valence-electron chi connectivity index (χ1n) is 11.3. The maximum absolute atomic E-state index is 11.6. The van der Waals surface area contributed by atoms with E-state index in [-0.39, 0.29) is 5.56 Å². The number of carboxylic acid groups (broad SMARTS) is 1. The molecule has 2 aromatic carbocycles. The second-order valence-electron chi connectivity index (χ2n) is 8.42. The molecule has 0 spiro atoms. The summed E-state index contributed by atoms with van der Waals surface area (Å²) in [5.74, 6) is -0.343. The average Bonchev–Trinajstić information content (AvgIpc) is 3.00. The molecule has 6 heteroatoms. The summed E-state index contributed by atoms with van der Waals surface area (Å²) < 4.78 is 0. The van der Waals surface area contributed by atoms with Crippen molar-refractivity contribution in [2.75, 3.05) is 49.1 Å². The highest BCUT2D eigenvalue weighted by Gasteiger charge is 2.24. The van der Waals surface area contributed by atoms with Gasteiger partial charge in [0, 0.05) is 56.8 Å². The van der Waals surface area contributed by atoms with Gasteiger partial charge in [0.05, 0.1) is 0 Å². The number of pyridine rings is 1. The van der Waals surface area contributed by atoms with Crippen molar-refractivity contribution in [3.63, 3.8) is 0 Å². The van der Waals surface area contributed by atoms with Gasteiger partial charge in [0.15, 0.2) is 0 Å². The molecule has 0 atom stereocenters. The van der Waals surface area contributed by atoms with Gasteiger partial charge in [-0.05, 0) is 48.2 Å². The van der Waals surface area contributed by atoms with Crippen molar-refractivity contribution in [3.8, 4) is 0 Å². The molecule has 0 amide bonds. The number of carboxylic acids is 1. The molecule has 0 saturated carbocycles. The van der Waals surface area contributed by atoms with E-state index in [1.165, 1.54) is 22.5 Å². The first-order valence-corrected chi connectivity index (χ1v) is 11.3. The van der Waals surface area contributed by atoms with Crippen LogP contribution in [0.15, 0.2) is 66.9 Å². The van der Waals surface area contributed by atoms with E-state index in [0.717, 1.165) is 52.1 Å². The molecule has 2 aliphatic heterocycles. The van der Waals surface area contributed by atoms with E-state index in [1.54, 1.807) is 18.3 Å². The predicted molar refractivity (Wildman–Crippen MR) is 127 cm³/mol. The first kappa shape index (κ1) is 20.5. The minimum atomic E-state index is -0.922. The lowest BCUT2D eigenvalue weighted by molar-refractivity contribution is 0.0697. The molecule has 1 aromatic heterocycles. The van der Waals surface area contributed by atoms with Gasteiger partial charge in [-0.2, -0.15) is 0 Å². The van der Waals surface area contributed by atoms with E-state index in [0.29, 0.717) is 5.82 Å². The van der Waals surface area contributed by atoms with E-state index >= 15 is 0 Å². The number of rotatable bonds is 5. The van der Waals surface area contributed by atoms with Gasteiger partial charge in [0.2, 0.25) is 0 Å². The number of piperazine rings is 1. The van der Waals surface area contributed by atoms with Gasteiger partial charge >= 0.3 is 5.97 Å². The lowest BCUT2D eigenvalue weighted by Crippen LogP contribution is -2.48. The van der Waals surface area contributed by atoms with E-state index < -0.39 is 5.97 Å². The Balaban J connectivity index is 1.28. The molecule has 164 valence electrons. The number of hydrogen-bond donors (Lipinski definition) is 1.